The smallest absolute Gasteiger partial charge is 0.0842 e. The van der Waals surface area contributed by atoms with Gasteiger partial charge in [0, 0.05) is 0 Å². The number of allylic oxidation sites excluding steroid dienone is 8. The van der Waals surface area contributed by atoms with E-state index in [-0.39, 0.29) is 6.71 Å². The van der Waals surface area contributed by atoms with E-state index in [4.69, 9.17) is 0 Å². The maximum Gasteiger partial charge on any atom is 0.239 e. The molecule has 4 aromatic rings. The second kappa shape index (κ2) is 13.7. The molecule has 0 heterocycles. The van der Waals surface area contributed by atoms with E-state index in [2.05, 4.69) is 162 Å². The summed E-state index contributed by atoms with van der Waals surface area (Å²) in [5.41, 5.74) is 27.5. The Kier molecular flexibility index (Phi) is 9.69. The van der Waals surface area contributed by atoms with Crippen molar-refractivity contribution in [2.45, 2.75) is 95.9 Å². The van der Waals surface area contributed by atoms with Crippen LogP contribution in [0.15, 0.2) is 107 Å². The Bertz CT molecular complexity index is 1900. The molecule has 0 aromatic heterocycles. The summed E-state index contributed by atoms with van der Waals surface area (Å²) >= 11 is 0. The van der Waals surface area contributed by atoms with Crippen molar-refractivity contribution in [2.75, 3.05) is 0 Å². The maximum absolute atomic E-state index is 2.52. The molecule has 1 heteroatoms. The molecule has 0 bridgehead atoms. The van der Waals surface area contributed by atoms with Crippen molar-refractivity contribution in [2.24, 2.45) is 11.8 Å². The van der Waals surface area contributed by atoms with Crippen LogP contribution in [-0.4, -0.2) is 6.71 Å². The van der Waals surface area contributed by atoms with Gasteiger partial charge in [-0.25, -0.2) is 0 Å². The van der Waals surface area contributed by atoms with Crippen LogP contribution in [0.5, 0.6) is 0 Å². The van der Waals surface area contributed by atoms with Crippen LogP contribution in [-0.2, 0) is 0 Å². The molecule has 0 saturated carbocycles. The highest BCUT2D eigenvalue weighted by atomic mass is 14.3. The van der Waals surface area contributed by atoms with Crippen LogP contribution in [0.25, 0.3) is 22.3 Å². The third-order valence-corrected chi connectivity index (χ3v) is 12.8. The molecule has 49 heavy (non-hydrogen) atoms. The lowest BCUT2D eigenvalue weighted by molar-refractivity contribution is 0.504. The summed E-state index contributed by atoms with van der Waals surface area (Å²) in [6.07, 6.45) is 9.24. The molecule has 0 saturated heterocycles. The minimum Gasteiger partial charge on any atom is -0.0842 e. The zero-order valence-electron chi connectivity index (χ0n) is 32.2. The number of hydrogen-bond acceptors (Lipinski definition) is 0. The van der Waals surface area contributed by atoms with Crippen LogP contribution in [0.3, 0.4) is 0 Å². The molecule has 2 unspecified atom stereocenters. The molecule has 2 aliphatic rings. The number of rotatable bonds is 6. The first-order chi connectivity index (χ1) is 23.4. The molecule has 0 radical (unpaired) electrons. The lowest BCUT2D eigenvalue weighted by Crippen LogP contribution is -2.53. The van der Waals surface area contributed by atoms with Crippen molar-refractivity contribution in [3.05, 3.63) is 151 Å². The second-order valence-electron chi connectivity index (χ2n) is 15.1. The minimum absolute atomic E-state index is 0.165. The number of hydrogen-bond donors (Lipinski definition) is 0. The van der Waals surface area contributed by atoms with Crippen LogP contribution < -0.4 is 10.9 Å². The van der Waals surface area contributed by atoms with E-state index in [0.717, 1.165) is 12.8 Å². The van der Waals surface area contributed by atoms with Crippen molar-refractivity contribution in [3.63, 3.8) is 0 Å². The highest BCUT2D eigenvalue weighted by Crippen LogP contribution is 2.45. The van der Waals surface area contributed by atoms with Gasteiger partial charge in [-0.05, 0) is 155 Å². The van der Waals surface area contributed by atoms with Gasteiger partial charge < -0.3 is 0 Å². The van der Waals surface area contributed by atoms with Gasteiger partial charge in [0.15, 0.2) is 0 Å². The number of benzene rings is 4. The predicted octanol–water partition coefficient (Wildman–Crippen LogP) is 11.8. The monoisotopic (exact) mass is 642 g/mol. The normalized spacial score (nSPS) is 17.9. The molecule has 6 rings (SSSR count). The van der Waals surface area contributed by atoms with Gasteiger partial charge in [-0.3, -0.25) is 0 Å². The van der Waals surface area contributed by atoms with E-state index in [1.165, 1.54) is 94.4 Å². The molecule has 2 aliphatic carbocycles. The van der Waals surface area contributed by atoms with Gasteiger partial charge in [-0.1, -0.05) is 137 Å². The lowest BCUT2D eigenvalue weighted by Gasteiger charge is -2.40. The first-order valence-corrected chi connectivity index (χ1v) is 18.5. The van der Waals surface area contributed by atoms with Gasteiger partial charge in [0.05, 0.1) is 0 Å². The molecule has 0 N–H and O–H groups in total. The molecular weight excluding hydrogens is 587 g/mol. The second-order valence-corrected chi connectivity index (χ2v) is 15.1. The van der Waals surface area contributed by atoms with Crippen LogP contribution in [0.1, 0.15) is 85.0 Å². The molecule has 0 amide bonds. The van der Waals surface area contributed by atoms with Gasteiger partial charge in [-0.15, -0.1) is 0 Å². The summed E-state index contributed by atoms with van der Waals surface area (Å²) in [6, 6.07) is 22.0. The highest BCUT2D eigenvalue weighted by molar-refractivity contribution is 6.92. The average Bonchev–Trinajstić information content (AvgIpc) is 3.11. The zero-order valence-corrected chi connectivity index (χ0v) is 32.2. The van der Waals surface area contributed by atoms with E-state index < -0.39 is 0 Å². The van der Waals surface area contributed by atoms with Crippen molar-refractivity contribution in [3.8, 4) is 22.3 Å². The third kappa shape index (κ3) is 5.74. The SMILES string of the molecule is CC1=C(B(c2c(C)c(C)c(-c3ccccc3)c(C)c2C)c2c(C)c(C)c(-c3ccccc3)c(C)c2C)C(C)C(C)C(C2=CC=CCC2)=C1C. The van der Waals surface area contributed by atoms with Crippen LogP contribution >= 0.6 is 0 Å². The molecule has 250 valence electrons. The van der Waals surface area contributed by atoms with Crippen LogP contribution in [0, 0.1) is 67.2 Å². The summed E-state index contributed by atoms with van der Waals surface area (Å²) in [5, 5.41) is 0. The van der Waals surface area contributed by atoms with Crippen LogP contribution in [0.2, 0.25) is 0 Å². The Labute approximate surface area is 297 Å². The first kappa shape index (κ1) is 34.8. The lowest BCUT2D eigenvalue weighted by atomic mass is 9.30. The van der Waals surface area contributed by atoms with E-state index >= 15 is 0 Å². The molecule has 0 spiro atoms. The van der Waals surface area contributed by atoms with Crippen molar-refractivity contribution < 1.29 is 0 Å². The van der Waals surface area contributed by atoms with Crippen molar-refractivity contribution >= 4 is 17.6 Å². The highest BCUT2D eigenvalue weighted by Gasteiger charge is 2.41. The summed E-state index contributed by atoms with van der Waals surface area (Å²) in [4.78, 5) is 0. The van der Waals surface area contributed by atoms with Gasteiger partial charge in [-0.2, -0.15) is 0 Å². The van der Waals surface area contributed by atoms with Crippen LogP contribution in [0.4, 0.5) is 0 Å². The van der Waals surface area contributed by atoms with E-state index in [9.17, 15) is 0 Å². The van der Waals surface area contributed by atoms with Gasteiger partial charge in [0.2, 0.25) is 6.71 Å². The summed E-state index contributed by atoms with van der Waals surface area (Å²) in [7, 11) is 0. The molecule has 0 aliphatic heterocycles. The third-order valence-electron chi connectivity index (χ3n) is 12.8. The molecule has 0 fully saturated rings. The molecule has 0 nitrogen and oxygen atoms in total. The fourth-order valence-electron chi connectivity index (χ4n) is 9.54. The Morgan fingerprint density at radius 3 is 1.33 bits per heavy atom. The van der Waals surface area contributed by atoms with Gasteiger partial charge in [0.25, 0.3) is 0 Å². The van der Waals surface area contributed by atoms with Crippen molar-refractivity contribution in [1.29, 1.82) is 0 Å². The van der Waals surface area contributed by atoms with Gasteiger partial charge >= 0.3 is 0 Å². The minimum atomic E-state index is 0.165. The standard InChI is InChI=1S/C48H55B/c1-28-34(7)46(35(8)29(2)43(28)40-22-16-13-17-23-40)49(47-36(9)30(3)44(31(4)37(47)10)41-24-18-14-19-25-41)48-38(11)32(5)45(33(6)39(48)12)42-26-20-15-21-27-42/h13-20,22-26,32,38H,21,27H2,1-12H3. The Morgan fingerprint density at radius 1 is 0.510 bits per heavy atom. The maximum atomic E-state index is 2.52. The molecular formula is C48H55B. The Morgan fingerprint density at radius 2 is 0.939 bits per heavy atom. The quantitative estimate of drug-likeness (QED) is 0.184. The fraction of sp³-hybridized carbons (Fsp3) is 0.333. The predicted molar refractivity (Wildman–Crippen MR) is 217 cm³/mol. The first-order valence-electron chi connectivity index (χ1n) is 18.5. The van der Waals surface area contributed by atoms with E-state index in [1.54, 1.807) is 11.0 Å². The largest absolute Gasteiger partial charge is 0.239 e. The fourth-order valence-corrected chi connectivity index (χ4v) is 9.54. The Balaban J connectivity index is 1.72. The van der Waals surface area contributed by atoms with E-state index in [0.29, 0.717) is 11.8 Å². The zero-order chi connectivity index (χ0) is 35.3. The summed E-state index contributed by atoms with van der Waals surface area (Å²) in [5.74, 6) is 0.841. The summed E-state index contributed by atoms with van der Waals surface area (Å²) < 4.78 is 0. The average molecular weight is 643 g/mol. The van der Waals surface area contributed by atoms with E-state index in [1.807, 2.05) is 0 Å². The Hall–Kier alpha value is -4.10. The summed E-state index contributed by atoms with van der Waals surface area (Å²) in [6.45, 7) is 29.1. The van der Waals surface area contributed by atoms with Gasteiger partial charge in [0.1, 0.15) is 0 Å². The topological polar surface area (TPSA) is 0 Å². The van der Waals surface area contributed by atoms with Crippen molar-refractivity contribution in [1.82, 2.24) is 0 Å². The molecule has 2 atom stereocenters. The molecule has 4 aromatic carbocycles.